The van der Waals surface area contributed by atoms with Crippen molar-refractivity contribution in [3.05, 3.63) is 88.3 Å². The van der Waals surface area contributed by atoms with Gasteiger partial charge in [0.05, 0.1) is 23.8 Å². The molecule has 0 amide bonds. The lowest BCUT2D eigenvalue weighted by Gasteiger charge is -2.36. The molecule has 242 valence electrons. The standard InChI is InChI=1S/C36H40N8O3/c1-23(2)42-17-15-41(16-18-42)19-20-47-30-14-13-26(21-31(30)46-5)38-35-37-22-27-33(40-35)43-29-12-7-6-11-28(29)39-36(43)44(34(27)45)32-24(3)9-8-10-25(32)4/h6-14,21-23H,15-20H2,1-5H3,(H,37,38,40). The fourth-order valence-electron chi connectivity index (χ4n) is 6.48. The summed E-state index contributed by atoms with van der Waals surface area (Å²) in [5, 5.41) is 3.68. The summed E-state index contributed by atoms with van der Waals surface area (Å²) in [6, 6.07) is 20.1. The van der Waals surface area contributed by atoms with Crippen molar-refractivity contribution < 1.29 is 9.47 Å². The van der Waals surface area contributed by atoms with Crippen molar-refractivity contribution in [2.45, 2.75) is 33.7 Å². The highest BCUT2D eigenvalue weighted by molar-refractivity contribution is 5.88. The molecule has 11 heteroatoms. The summed E-state index contributed by atoms with van der Waals surface area (Å²) in [6.07, 6.45) is 1.58. The lowest BCUT2D eigenvalue weighted by atomic mass is 10.1. The quantitative estimate of drug-likeness (QED) is 0.226. The highest BCUT2D eigenvalue weighted by Gasteiger charge is 2.21. The summed E-state index contributed by atoms with van der Waals surface area (Å²) in [5.74, 6) is 2.13. The van der Waals surface area contributed by atoms with Crippen LogP contribution in [-0.2, 0) is 0 Å². The lowest BCUT2D eigenvalue weighted by Crippen LogP contribution is -2.49. The third-order valence-electron chi connectivity index (χ3n) is 9.04. The molecule has 7 rings (SSSR count). The van der Waals surface area contributed by atoms with Gasteiger partial charge < -0.3 is 14.8 Å². The molecule has 1 aliphatic rings. The van der Waals surface area contributed by atoms with Crippen LogP contribution in [0.4, 0.5) is 11.6 Å². The molecule has 1 aliphatic heterocycles. The van der Waals surface area contributed by atoms with Gasteiger partial charge >= 0.3 is 0 Å². The highest BCUT2D eigenvalue weighted by atomic mass is 16.5. The number of nitrogens with one attached hydrogen (secondary N) is 1. The van der Waals surface area contributed by atoms with E-state index in [9.17, 15) is 4.79 Å². The number of benzene rings is 3. The summed E-state index contributed by atoms with van der Waals surface area (Å²) in [5.41, 5.74) is 5.36. The van der Waals surface area contributed by atoms with E-state index in [-0.39, 0.29) is 5.56 Å². The number of piperazine rings is 1. The molecule has 0 radical (unpaired) electrons. The summed E-state index contributed by atoms with van der Waals surface area (Å²) < 4.78 is 15.4. The van der Waals surface area contributed by atoms with E-state index < -0.39 is 0 Å². The molecule has 11 nitrogen and oxygen atoms in total. The Morgan fingerprint density at radius 3 is 2.43 bits per heavy atom. The second kappa shape index (κ2) is 12.7. The minimum Gasteiger partial charge on any atom is -0.493 e. The van der Waals surface area contributed by atoms with Gasteiger partial charge in [-0.05, 0) is 63.1 Å². The predicted molar refractivity (Wildman–Crippen MR) is 186 cm³/mol. The van der Waals surface area contributed by atoms with Gasteiger partial charge in [-0.2, -0.15) is 4.98 Å². The first kappa shape index (κ1) is 30.6. The van der Waals surface area contributed by atoms with Gasteiger partial charge in [0.25, 0.3) is 5.56 Å². The molecule has 6 aromatic rings. The zero-order chi connectivity index (χ0) is 32.7. The molecule has 3 aromatic heterocycles. The van der Waals surface area contributed by atoms with Crippen LogP contribution in [-0.4, -0.2) is 86.2 Å². The average molecular weight is 633 g/mol. The third kappa shape index (κ3) is 5.77. The van der Waals surface area contributed by atoms with Gasteiger partial charge in [0.15, 0.2) is 17.1 Å². The van der Waals surface area contributed by atoms with E-state index in [2.05, 4.69) is 33.9 Å². The molecule has 4 heterocycles. The van der Waals surface area contributed by atoms with Gasteiger partial charge in [0.1, 0.15) is 12.0 Å². The number of aromatic nitrogens is 5. The Balaban J connectivity index is 1.18. The van der Waals surface area contributed by atoms with Crippen molar-refractivity contribution in [2.75, 3.05) is 51.8 Å². The fraction of sp³-hybridized carbons (Fsp3) is 0.333. The molecule has 0 saturated carbocycles. The zero-order valence-corrected chi connectivity index (χ0v) is 27.5. The third-order valence-corrected chi connectivity index (χ3v) is 9.04. The Labute approximate surface area is 273 Å². The van der Waals surface area contributed by atoms with Crippen LogP contribution in [0.25, 0.3) is 33.5 Å². The predicted octanol–water partition coefficient (Wildman–Crippen LogP) is 5.36. The van der Waals surface area contributed by atoms with E-state index >= 15 is 0 Å². The van der Waals surface area contributed by atoms with E-state index in [1.165, 1.54) is 0 Å². The molecular weight excluding hydrogens is 592 g/mol. The van der Waals surface area contributed by atoms with Crippen molar-refractivity contribution >= 4 is 39.5 Å². The normalized spacial score (nSPS) is 14.4. The van der Waals surface area contributed by atoms with Crippen molar-refractivity contribution in [3.63, 3.8) is 0 Å². The van der Waals surface area contributed by atoms with Gasteiger partial charge in [-0.1, -0.05) is 30.3 Å². The molecule has 3 aromatic carbocycles. The number of imidazole rings is 1. The number of para-hydroxylation sites is 3. The largest absolute Gasteiger partial charge is 0.493 e. The molecule has 1 fully saturated rings. The number of rotatable bonds is 9. The van der Waals surface area contributed by atoms with E-state index in [0.717, 1.165) is 66.3 Å². The number of ether oxygens (including phenoxy) is 2. The molecule has 0 bridgehead atoms. The van der Waals surface area contributed by atoms with Crippen LogP contribution in [0.3, 0.4) is 0 Å². The summed E-state index contributed by atoms with van der Waals surface area (Å²) >= 11 is 0. The van der Waals surface area contributed by atoms with Crippen molar-refractivity contribution in [3.8, 4) is 17.2 Å². The Hall–Kier alpha value is -5.00. The van der Waals surface area contributed by atoms with Crippen molar-refractivity contribution in [1.82, 2.24) is 33.7 Å². The maximum absolute atomic E-state index is 14.1. The fourth-order valence-corrected chi connectivity index (χ4v) is 6.48. The molecule has 0 atom stereocenters. The number of fused-ring (bicyclic) bond motifs is 5. The van der Waals surface area contributed by atoms with Crippen LogP contribution >= 0.6 is 0 Å². The van der Waals surface area contributed by atoms with E-state index in [0.29, 0.717) is 46.9 Å². The number of hydrogen-bond donors (Lipinski definition) is 1. The number of nitrogens with zero attached hydrogens (tertiary/aromatic N) is 7. The van der Waals surface area contributed by atoms with Crippen LogP contribution < -0.4 is 20.3 Å². The van der Waals surface area contributed by atoms with Gasteiger partial charge in [-0.3, -0.25) is 19.0 Å². The Morgan fingerprint density at radius 1 is 0.915 bits per heavy atom. The zero-order valence-electron chi connectivity index (χ0n) is 27.5. The van der Waals surface area contributed by atoms with Crippen LogP contribution in [0.1, 0.15) is 25.0 Å². The topological polar surface area (TPSA) is 102 Å². The summed E-state index contributed by atoms with van der Waals surface area (Å²) in [4.78, 5) is 33.4. The first-order chi connectivity index (χ1) is 22.8. The van der Waals surface area contributed by atoms with Crippen molar-refractivity contribution in [2.24, 2.45) is 0 Å². The van der Waals surface area contributed by atoms with Gasteiger partial charge in [-0.25, -0.2) is 14.5 Å². The van der Waals surface area contributed by atoms with E-state index in [1.54, 1.807) is 17.9 Å². The van der Waals surface area contributed by atoms with Crippen LogP contribution in [0, 0.1) is 13.8 Å². The molecule has 0 aliphatic carbocycles. The second-order valence-corrected chi connectivity index (χ2v) is 12.4. The molecule has 1 N–H and O–H groups in total. The Morgan fingerprint density at radius 2 is 1.68 bits per heavy atom. The van der Waals surface area contributed by atoms with Crippen LogP contribution in [0.5, 0.6) is 11.5 Å². The van der Waals surface area contributed by atoms with Crippen LogP contribution in [0.15, 0.2) is 71.7 Å². The molecule has 0 spiro atoms. The monoisotopic (exact) mass is 632 g/mol. The average Bonchev–Trinajstić information content (AvgIpc) is 3.46. The molecule has 0 unspecified atom stereocenters. The first-order valence-electron chi connectivity index (χ1n) is 16.1. The first-order valence-corrected chi connectivity index (χ1v) is 16.1. The van der Waals surface area contributed by atoms with Crippen molar-refractivity contribution in [1.29, 1.82) is 0 Å². The minimum atomic E-state index is -0.225. The smallest absolute Gasteiger partial charge is 0.270 e. The number of hydrogen-bond acceptors (Lipinski definition) is 9. The minimum absolute atomic E-state index is 0.225. The molecule has 1 saturated heterocycles. The highest BCUT2D eigenvalue weighted by Crippen LogP contribution is 2.32. The number of aryl methyl sites for hydroxylation is 2. The second-order valence-electron chi connectivity index (χ2n) is 12.4. The van der Waals surface area contributed by atoms with E-state index in [4.69, 9.17) is 19.4 Å². The number of anilines is 2. The van der Waals surface area contributed by atoms with Gasteiger partial charge in [0, 0.05) is 56.7 Å². The maximum Gasteiger partial charge on any atom is 0.270 e. The maximum atomic E-state index is 14.1. The molecule has 47 heavy (non-hydrogen) atoms. The molecular formula is C36H40N8O3. The Bertz CT molecular complexity index is 2130. The number of methoxy groups -OCH3 is 1. The Kier molecular flexibility index (Phi) is 8.25. The van der Waals surface area contributed by atoms with E-state index in [1.807, 2.05) is 78.9 Å². The van der Waals surface area contributed by atoms with Crippen LogP contribution in [0.2, 0.25) is 0 Å². The van der Waals surface area contributed by atoms with Gasteiger partial charge in [0.2, 0.25) is 11.7 Å². The van der Waals surface area contributed by atoms with Gasteiger partial charge in [-0.15, -0.1) is 0 Å². The summed E-state index contributed by atoms with van der Waals surface area (Å²) in [7, 11) is 1.63. The SMILES string of the molecule is COc1cc(Nc2ncc3c(=O)n(-c4c(C)cccc4C)c4nc5ccccc5n4c3n2)ccc1OCCN1CCN(C(C)C)CC1. The summed E-state index contributed by atoms with van der Waals surface area (Å²) in [6.45, 7) is 14.2. The lowest BCUT2D eigenvalue weighted by molar-refractivity contribution is 0.0967.